The van der Waals surface area contributed by atoms with Crippen molar-refractivity contribution in [1.29, 1.82) is 0 Å². The van der Waals surface area contributed by atoms with E-state index in [-0.39, 0.29) is 5.78 Å². The molecule has 0 aliphatic heterocycles. The van der Waals surface area contributed by atoms with Gasteiger partial charge in [0.2, 0.25) is 0 Å². The summed E-state index contributed by atoms with van der Waals surface area (Å²) in [5, 5.41) is 4.01. The fraction of sp³-hybridized carbons (Fsp3) is 0.474. The molecule has 1 aromatic heterocycles. The van der Waals surface area contributed by atoms with Crippen molar-refractivity contribution in [3.05, 3.63) is 34.8 Å². The number of hydrogen-bond donors (Lipinski definition) is 1. The Morgan fingerprint density at radius 1 is 1.17 bits per heavy atom. The lowest BCUT2D eigenvalue weighted by Gasteiger charge is -2.17. The van der Waals surface area contributed by atoms with Gasteiger partial charge in [-0.25, -0.2) is 4.98 Å². The number of rotatable bonds is 5. The van der Waals surface area contributed by atoms with Crippen LogP contribution in [0.2, 0.25) is 0 Å². The molecule has 5 heteroatoms. The summed E-state index contributed by atoms with van der Waals surface area (Å²) in [4.78, 5) is 16.6. The van der Waals surface area contributed by atoms with Gasteiger partial charge in [0.1, 0.15) is 5.75 Å². The summed E-state index contributed by atoms with van der Waals surface area (Å²) in [6, 6.07) is 7.99. The van der Waals surface area contributed by atoms with Gasteiger partial charge in [0.15, 0.2) is 10.9 Å². The second-order valence-corrected chi connectivity index (χ2v) is 7.37. The lowest BCUT2D eigenvalue weighted by molar-refractivity contribution is 0.102. The Hall–Kier alpha value is -1.88. The molecule has 1 heterocycles. The Morgan fingerprint density at radius 2 is 1.83 bits per heavy atom. The van der Waals surface area contributed by atoms with E-state index in [2.05, 4.69) is 10.3 Å². The molecule has 0 saturated heterocycles. The predicted octanol–water partition coefficient (Wildman–Crippen LogP) is 5.50. The summed E-state index contributed by atoms with van der Waals surface area (Å²) in [5.41, 5.74) is 1.73. The SMILES string of the molecule is CC(=O)c1sc(Nc2ccc(OC3CCCCCC3)cc2)nc1C. The van der Waals surface area contributed by atoms with E-state index in [0.29, 0.717) is 11.0 Å². The van der Waals surface area contributed by atoms with Crippen LogP contribution >= 0.6 is 11.3 Å². The quantitative estimate of drug-likeness (QED) is 0.575. The molecular formula is C19H24N2O2S. The van der Waals surface area contributed by atoms with Crippen molar-refractivity contribution < 1.29 is 9.53 Å². The first-order valence-corrected chi connectivity index (χ1v) is 9.45. The minimum Gasteiger partial charge on any atom is -0.490 e. The van der Waals surface area contributed by atoms with E-state index in [4.69, 9.17) is 4.74 Å². The van der Waals surface area contributed by atoms with Gasteiger partial charge >= 0.3 is 0 Å². The summed E-state index contributed by atoms with van der Waals surface area (Å²) in [6.45, 7) is 3.44. The molecule has 0 spiro atoms. The van der Waals surface area contributed by atoms with Gasteiger partial charge in [-0.05, 0) is 56.9 Å². The van der Waals surface area contributed by atoms with Gasteiger partial charge < -0.3 is 10.1 Å². The lowest BCUT2D eigenvalue weighted by atomic mass is 10.1. The standard InChI is InChI=1S/C19H24N2O2S/c1-13-18(14(2)22)24-19(20-13)21-15-9-11-17(12-10-15)23-16-7-5-3-4-6-8-16/h9-12,16H,3-8H2,1-2H3,(H,20,21). The molecule has 1 aromatic carbocycles. The molecule has 0 bridgehead atoms. The number of ketones is 1. The summed E-state index contributed by atoms with van der Waals surface area (Å²) in [5.74, 6) is 0.984. The molecule has 4 nitrogen and oxygen atoms in total. The van der Waals surface area contributed by atoms with Gasteiger partial charge in [-0.3, -0.25) is 4.79 Å². The second-order valence-electron chi connectivity index (χ2n) is 6.37. The number of ether oxygens (including phenoxy) is 1. The maximum atomic E-state index is 11.5. The molecule has 1 aliphatic carbocycles. The second kappa shape index (κ2) is 7.79. The first kappa shape index (κ1) is 17.0. The van der Waals surface area contributed by atoms with Crippen LogP contribution in [0.5, 0.6) is 5.75 Å². The Bertz CT molecular complexity index is 686. The van der Waals surface area contributed by atoms with Gasteiger partial charge in [-0.2, -0.15) is 0 Å². The number of carbonyl (C=O) groups excluding carboxylic acids is 1. The molecule has 128 valence electrons. The van der Waals surface area contributed by atoms with Crippen LogP contribution in [-0.4, -0.2) is 16.9 Å². The van der Waals surface area contributed by atoms with Gasteiger partial charge in [-0.15, -0.1) is 0 Å². The molecule has 0 radical (unpaired) electrons. The van der Waals surface area contributed by atoms with Crippen molar-refractivity contribution >= 4 is 27.9 Å². The fourth-order valence-corrected chi connectivity index (χ4v) is 3.95. The Morgan fingerprint density at radius 3 is 2.42 bits per heavy atom. The Labute approximate surface area is 147 Å². The number of carbonyl (C=O) groups is 1. The zero-order valence-corrected chi connectivity index (χ0v) is 15.1. The molecule has 1 N–H and O–H groups in total. The zero-order chi connectivity index (χ0) is 16.9. The summed E-state index contributed by atoms with van der Waals surface area (Å²) in [7, 11) is 0. The van der Waals surface area contributed by atoms with Crippen molar-refractivity contribution in [2.24, 2.45) is 0 Å². The lowest BCUT2D eigenvalue weighted by Crippen LogP contribution is -2.14. The average molecular weight is 344 g/mol. The molecule has 1 fully saturated rings. The van der Waals surface area contributed by atoms with Crippen molar-refractivity contribution in [2.75, 3.05) is 5.32 Å². The van der Waals surface area contributed by atoms with Crippen LogP contribution in [-0.2, 0) is 0 Å². The number of aryl methyl sites for hydroxylation is 1. The van der Waals surface area contributed by atoms with Gasteiger partial charge in [-0.1, -0.05) is 24.2 Å². The van der Waals surface area contributed by atoms with E-state index in [1.54, 1.807) is 6.92 Å². The van der Waals surface area contributed by atoms with Crippen molar-refractivity contribution in [3.63, 3.8) is 0 Å². The Kier molecular flexibility index (Phi) is 5.51. The van der Waals surface area contributed by atoms with Crippen LogP contribution in [0.3, 0.4) is 0 Å². The van der Waals surface area contributed by atoms with Crippen LogP contribution in [0.25, 0.3) is 0 Å². The van der Waals surface area contributed by atoms with Gasteiger partial charge in [0, 0.05) is 12.6 Å². The monoisotopic (exact) mass is 344 g/mol. The maximum Gasteiger partial charge on any atom is 0.188 e. The highest BCUT2D eigenvalue weighted by atomic mass is 32.1. The van der Waals surface area contributed by atoms with Crippen LogP contribution in [0, 0.1) is 6.92 Å². The number of thiazole rings is 1. The minimum atomic E-state index is 0.0604. The van der Waals surface area contributed by atoms with Crippen LogP contribution in [0.1, 0.15) is 60.8 Å². The fourth-order valence-electron chi connectivity index (χ4n) is 3.07. The van der Waals surface area contributed by atoms with Crippen molar-refractivity contribution in [1.82, 2.24) is 4.98 Å². The topological polar surface area (TPSA) is 51.2 Å². The van der Waals surface area contributed by atoms with Crippen molar-refractivity contribution in [3.8, 4) is 5.75 Å². The molecule has 0 unspecified atom stereocenters. The van der Waals surface area contributed by atoms with Crippen LogP contribution in [0.15, 0.2) is 24.3 Å². The highest BCUT2D eigenvalue weighted by Crippen LogP contribution is 2.28. The van der Waals surface area contributed by atoms with E-state index < -0.39 is 0 Å². The van der Waals surface area contributed by atoms with Crippen LogP contribution < -0.4 is 10.1 Å². The van der Waals surface area contributed by atoms with Crippen molar-refractivity contribution in [2.45, 2.75) is 58.5 Å². The predicted molar refractivity (Wildman–Crippen MR) is 98.7 cm³/mol. The molecule has 2 aromatic rings. The molecule has 3 rings (SSSR count). The van der Waals surface area contributed by atoms with Crippen LogP contribution in [0.4, 0.5) is 10.8 Å². The highest BCUT2D eigenvalue weighted by molar-refractivity contribution is 7.17. The summed E-state index contributed by atoms with van der Waals surface area (Å²) in [6.07, 6.45) is 7.87. The first-order chi connectivity index (χ1) is 11.6. The normalized spacial score (nSPS) is 15.8. The number of hydrogen-bond acceptors (Lipinski definition) is 5. The first-order valence-electron chi connectivity index (χ1n) is 8.64. The number of anilines is 2. The Balaban J connectivity index is 1.61. The summed E-state index contributed by atoms with van der Waals surface area (Å²) >= 11 is 1.39. The summed E-state index contributed by atoms with van der Waals surface area (Å²) < 4.78 is 6.11. The van der Waals surface area contributed by atoms with E-state index in [0.717, 1.165) is 35.1 Å². The smallest absolute Gasteiger partial charge is 0.188 e. The molecular weight excluding hydrogens is 320 g/mol. The number of Topliss-reactive ketones (excluding diaryl/α,β-unsaturated/α-hetero) is 1. The average Bonchev–Trinajstić information content (AvgIpc) is 2.76. The number of aromatic nitrogens is 1. The third-order valence-electron chi connectivity index (χ3n) is 4.33. The molecule has 0 atom stereocenters. The highest BCUT2D eigenvalue weighted by Gasteiger charge is 2.14. The van der Waals surface area contributed by atoms with E-state index in [1.807, 2.05) is 31.2 Å². The third kappa shape index (κ3) is 4.35. The zero-order valence-electron chi connectivity index (χ0n) is 14.3. The van der Waals surface area contributed by atoms with E-state index in [9.17, 15) is 4.79 Å². The van der Waals surface area contributed by atoms with E-state index >= 15 is 0 Å². The van der Waals surface area contributed by atoms with Gasteiger partial charge in [0.05, 0.1) is 16.7 Å². The largest absolute Gasteiger partial charge is 0.490 e. The minimum absolute atomic E-state index is 0.0604. The number of nitrogens with zero attached hydrogens (tertiary/aromatic N) is 1. The molecule has 24 heavy (non-hydrogen) atoms. The maximum absolute atomic E-state index is 11.5. The molecule has 1 saturated carbocycles. The number of benzene rings is 1. The van der Waals surface area contributed by atoms with Gasteiger partial charge in [0.25, 0.3) is 0 Å². The number of nitrogens with one attached hydrogen (secondary N) is 1. The molecule has 1 aliphatic rings. The van der Waals surface area contributed by atoms with E-state index in [1.165, 1.54) is 37.0 Å². The molecule has 0 amide bonds. The third-order valence-corrected chi connectivity index (χ3v) is 5.50.